The second-order valence-electron chi connectivity index (χ2n) is 2.39. The van der Waals surface area contributed by atoms with Crippen molar-refractivity contribution in [2.45, 2.75) is 11.3 Å². The summed E-state index contributed by atoms with van der Waals surface area (Å²) in [5, 5.41) is -0.584. The van der Waals surface area contributed by atoms with E-state index in [1.807, 2.05) is 0 Å². The second kappa shape index (κ2) is 4.64. The maximum Gasteiger partial charge on any atom is 0.266 e. The molecule has 1 aromatic heterocycles. The summed E-state index contributed by atoms with van der Waals surface area (Å²) in [4.78, 5) is 2.91. The normalized spacial score (nSPS) is 12.1. The Bertz CT molecular complexity index is 494. The summed E-state index contributed by atoms with van der Waals surface area (Å²) in [5.41, 5.74) is -0.656. The van der Waals surface area contributed by atoms with Crippen LogP contribution in [0, 0.1) is 3.70 Å². The van der Waals surface area contributed by atoms with Crippen molar-refractivity contribution < 1.29 is 17.2 Å². The van der Waals surface area contributed by atoms with Crippen LogP contribution >= 0.6 is 44.9 Å². The zero-order valence-electron chi connectivity index (χ0n) is 6.72. The Morgan fingerprint density at radius 3 is 2.40 bits per heavy atom. The molecule has 0 N–H and O–H groups in total. The number of pyridine rings is 1. The van der Waals surface area contributed by atoms with E-state index in [0.717, 1.165) is 6.20 Å². The van der Waals surface area contributed by atoms with E-state index in [0.29, 0.717) is 0 Å². The van der Waals surface area contributed by atoms with E-state index in [1.165, 1.54) is 0 Å². The molecule has 0 unspecified atom stereocenters. The van der Waals surface area contributed by atoms with Crippen LogP contribution < -0.4 is 0 Å². The molecule has 0 saturated carbocycles. The van der Waals surface area contributed by atoms with Crippen LogP contribution in [-0.4, -0.2) is 13.4 Å². The van der Waals surface area contributed by atoms with Crippen LogP contribution in [-0.2, 0) is 9.05 Å². The van der Waals surface area contributed by atoms with Gasteiger partial charge in [-0.1, -0.05) is 11.6 Å². The number of hydrogen-bond acceptors (Lipinski definition) is 3. The van der Waals surface area contributed by atoms with Crippen molar-refractivity contribution in [2.75, 3.05) is 0 Å². The predicted octanol–water partition coefficient (Wildman–Crippen LogP) is 3.20. The molecule has 0 spiro atoms. The van der Waals surface area contributed by atoms with Crippen LogP contribution in [0.1, 0.15) is 12.0 Å². The topological polar surface area (TPSA) is 47.0 Å². The van der Waals surface area contributed by atoms with Gasteiger partial charge < -0.3 is 0 Å². The van der Waals surface area contributed by atoms with Gasteiger partial charge in [-0.25, -0.2) is 22.2 Å². The van der Waals surface area contributed by atoms with Crippen LogP contribution in [0.2, 0.25) is 5.02 Å². The Labute approximate surface area is 107 Å². The summed E-state index contributed by atoms with van der Waals surface area (Å²) in [6.07, 6.45) is -2.08. The molecule has 0 amide bonds. The van der Waals surface area contributed by atoms with Crippen molar-refractivity contribution >= 4 is 53.9 Å². The van der Waals surface area contributed by atoms with E-state index < -0.39 is 31.0 Å². The third-order valence-electron chi connectivity index (χ3n) is 1.44. The first kappa shape index (κ1) is 13.3. The Morgan fingerprint density at radius 2 is 2.00 bits per heavy atom. The second-order valence-corrected chi connectivity index (χ2v) is 6.29. The van der Waals surface area contributed by atoms with E-state index in [2.05, 4.69) is 4.98 Å². The number of rotatable bonds is 2. The van der Waals surface area contributed by atoms with E-state index in [1.54, 1.807) is 22.6 Å². The van der Waals surface area contributed by atoms with Crippen molar-refractivity contribution in [3.8, 4) is 0 Å². The lowest BCUT2D eigenvalue weighted by atomic mass is 10.3. The molecule has 0 atom stereocenters. The maximum absolute atomic E-state index is 12.4. The molecule has 0 radical (unpaired) electrons. The van der Waals surface area contributed by atoms with Gasteiger partial charge in [0.25, 0.3) is 15.5 Å². The molecule has 0 bridgehead atoms. The lowest BCUT2D eigenvalue weighted by Crippen LogP contribution is -2.02. The lowest BCUT2D eigenvalue weighted by Gasteiger charge is -2.07. The van der Waals surface area contributed by atoms with Crippen molar-refractivity contribution in [1.82, 2.24) is 4.98 Å². The number of aromatic nitrogens is 1. The average molecular weight is 388 g/mol. The molecule has 0 aliphatic carbocycles. The fourth-order valence-corrected chi connectivity index (χ4v) is 4.33. The van der Waals surface area contributed by atoms with Gasteiger partial charge in [-0.2, -0.15) is 0 Å². The van der Waals surface area contributed by atoms with Crippen molar-refractivity contribution in [3.05, 3.63) is 20.5 Å². The summed E-state index contributed by atoms with van der Waals surface area (Å²) in [7, 11) is 0.861. The summed E-state index contributed by atoms with van der Waals surface area (Å²) in [5.74, 6) is 0. The molecule has 1 heterocycles. The molecule has 84 valence electrons. The van der Waals surface area contributed by atoms with E-state index in [9.17, 15) is 17.2 Å². The Morgan fingerprint density at radius 1 is 1.47 bits per heavy atom. The highest BCUT2D eigenvalue weighted by Gasteiger charge is 2.25. The lowest BCUT2D eigenvalue weighted by molar-refractivity contribution is 0.150. The van der Waals surface area contributed by atoms with Crippen LogP contribution in [0.4, 0.5) is 8.78 Å². The fourth-order valence-electron chi connectivity index (χ4n) is 0.823. The monoisotopic (exact) mass is 387 g/mol. The first-order chi connectivity index (χ1) is 6.75. The third-order valence-corrected chi connectivity index (χ3v) is 4.49. The van der Waals surface area contributed by atoms with Gasteiger partial charge in [0, 0.05) is 16.9 Å². The molecule has 0 aromatic carbocycles. The highest BCUT2D eigenvalue weighted by atomic mass is 127. The van der Waals surface area contributed by atoms with E-state index in [-0.39, 0.29) is 3.70 Å². The minimum Gasteiger partial charge on any atom is -0.248 e. The zero-order chi connectivity index (χ0) is 11.8. The average Bonchev–Trinajstić information content (AvgIpc) is 2.00. The summed E-state index contributed by atoms with van der Waals surface area (Å²) in [6, 6.07) is 0. The van der Waals surface area contributed by atoms with Gasteiger partial charge in [-0.3, -0.25) is 0 Å². The van der Waals surface area contributed by atoms with Crippen LogP contribution in [0.25, 0.3) is 0 Å². The Kier molecular flexibility index (Phi) is 4.13. The van der Waals surface area contributed by atoms with Crippen molar-refractivity contribution in [2.24, 2.45) is 0 Å². The molecule has 15 heavy (non-hydrogen) atoms. The number of hydrogen-bond donors (Lipinski definition) is 0. The van der Waals surface area contributed by atoms with Gasteiger partial charge in [-0.15, -0.1) is 0 Å². The van der Waals surface area contributed by atoms with Gasteiger partial charge in [0.1, 0.15) is 8.60 Å². The maximum atomic E-state index is 12.4. The minimum absolute atomic E-state index is 0.0444. The van der Waals surface area contributed by atoms with Gasteiger partial charge in [0.15, 0.2) is 0 Å². The van der Waals surface area contributed by atoms with Crippen LogP contribution in [0.3, 0.4) is 0 Å². The first-order valence-corrected chi connectivity index (χ1v) is 7.08. The van der Waals surface area contributed by atoms with E-state index >= 15 is 0 Å². The smallest absolute Gasteiger partial charge is 0.248 e. The quantitative estimate of drug-likeness (QED) is 0.444. The Balaban J connectivity index is 3.59. The zero-order valence-corrected chi connectivity index (χ0v) is 11.2. The molecule has 0 aliphatic heterocycles. The molecule has 1 aromatic rings. The molecule has 3 nitrogen and oxygen atoms in total. The highest BCUT2D eigenvalue weighted by molar-refractivity contribution is 14.1. The number of nitrogens with zero attached hydrogens (tertiary/aromatic N) is 1. The molecule has 0 saturated heterocycles. The molecule has 0 fully saturated rings. The summed E-state index contributed by atoms with van der Waals surface area (Å²) in [6.45, 7) is 0. The van der Waals surface area contributed by atoms with Crippen molar-refractivity contribution in [1.29, 1.82) is 0 Å². The predicted molar refractivity (Wildman–Crippen MR) is 60.0 cm³/mol. The van der Waals surface area contributed by atoms with Crippen LogP contribution in [0.5, 0.6) is 0 Å². The fraction of sp³-hybridized carbons (Fsp3) is 0.167. The number of halogens is 5. The standard InChI is InChI=1S/C6H2Cl2F2INO2S/c7-3-2(5(9)10)1-12-6(11)4(3)15(8,13)14/h1,5H. The largest absolute Gasteiger partial charge is 0.266 e. The third kappa shape index (κ3) is 2.89. The molecular formula is C6H2Cl2F2INO2S. The number of alkyl halides is 2. The van der Waals surface area contributed by atoms with Gasteiger partial charge in [0.05, 0.1) is 10.6 Å². The van der Waals surface area contributed by atoms with Gasteiger partial charge >= 0.3 is 0 Å². The van der Waals surface area contributed by atoms with Crippen molar-refractivity contribution in [3.63, 3.8) is 0 Å². The molecule has 1 rings (SSSR count). The molecule has 9 heteroatoms. The SMILES string of the molecule is O=S(=O)(Cl)c1c(I)ncc(C(F)F)c1Cl. The minimum atomic E-state index is -4.18. The summed E-state index contributed by atoms with van der Waals surface area (Å²) >= 11 is 7.05. The Hall–Kier alpha value is 0.270. The van der Waals surface area contributed by atoms with Gasteiger partial charge in [-0.05, 0) is 22.6 Å². The summed E-state index contributed by atoms with van der Waals surface area (Å²) < 4.78 is 46.8. The molecule has 0 aliphatic rings. The van der Waals surface area contributed by atoms with Gasteiger partial charge in [0.2, 0.25) is 0 Å². The van der Waals surface area contributed by atoms with E-state index in [4.69, 9.17) is 22.3 Å². The highest BCUT2D eigenvalue weighted by Crippen LogP contribution is 2.35. The molecular weight excluding hydrogens is 386 g/mol. The van der Waals surface area contributed by atoms with Crippen LogP contribution in [0.15, 0.2) is 11.1 Å². The first-order valence-electron chi connectivity index (χ1n) is 3.32.